The molecule has 5 rings (SSSR count). The number of benzene rings is 2. The number of fused-ring (bicyclic) bond motifs is 1. The van der Waals surface area contributed by atoms with E-state index < -0.39 is 0 Å². The summed E-state index contributed by atoms with van der Waals surface area (Å²) in [6, 6.07) is 15.7. The van der Waals surface area contributed by atoms with Gasteiger partial charge in [0.1, 0.15) is 12.4 Å². The van der Waals surface area contributed by atoms with Crippen LogP contribution in [-0.2, 0) is 11.3 Å². The lowest BCUT2D eigenvalue weighted by Gasteiger charge is -2.26. The maximum Gasteiger partial charge on any atom is 0.120 e. The Morgan fingerprint density at radius 2 is 2.09 bits per heavy atom. The maximum absolute atomic E-state index is 9.92. The van der Waals surface area contributed by atoms with Crippen molar-refractivity contribution in [2.24, 2.45) is 0 Å². The van der Waals surface area contributed by atoms with Crippen LogP contribution in [0.25, 0.3) is 21.9 Å². The highest BCUT2D eigenvalue weighted by molar-refractivity contribution is 5.98. The fraction of sp³-hybridized carbons (Fsp3) is 0.231. The molecular formula is C26H22N2O4. The fourth-order valence-electron chi connectivity index (χ4n) is 4.10. The molecule has 2 aromatic carbocycles. The molecule has 6 heteroatoms. The summed E-state index contributed by atoms with van der Waals surface area (Å²) < 4.78 is 17.1. The largest absolute Gasteiger partial charge is 0.489 e. The lowest BCUT2D eigenvalue weighted by Crippen LogP contribution is -2.23. The number of hydrogen-bond donors (Lipinski definition) is 1. The summed E-state index contributed by atoms with van der Waals surface area (Å²) in [5.74, 6) is 0.709. The van der Waals surface area contributed by atoms with Gasteiger partial charge in [-0.1, -0.05) is 6.07 Å². The number of rotatable bonds is 5. The quantitative estimate of drug-likeness (QED) is 0.474. The molecule has 1 N–H and O–H groups in total. The van der Waals surface area contributed by atoms with Crippen molar-refractivity contribution in [3.8, 4) is 22.9 Å². The fourth-order valence-corrected chi connectivity index (χ4v) is 4.10. The van der Waals surface area contributed by atoms with E-state index in [2.05, 4.69) is 11.1 Å². The Bertz CT molecular complexity index is 1280. The molecular weight excluding hydrogens is 404 g/mol. The minimum atomic E-state index is -0.337. The summed E-state index contributed by atoms with van der Waals surface area (Å²) >= 11 is 0. The number of aliphatic hydroxyl groups excluding tert-OH is 1. The second-order valence-electron chi connectivity index (χ2n) is 7.98. The Hall–Kier alpha value is -3.66. The third-order valence-corrected chi connectivity index (χ3v) is 5.73. The molecule has 4 aromatic rings. The molecule has 2 aromatic heterocycles. The van der Waals surface area contributed by atoms with Gasteiger partial charge in [0.25, 0.3) is 0 Å². The van der Waals surface area contributed by atoms with E-state index in [4.69, 9.17) is 13.9 Å². The van der Waals surface area contributed by atoms with Crippen LogP contribution in [0.15, 0.2) is 71.8 Å². The molecule has 1 aliphatic heterocycles. The summed E-state index contributed by atoms with van der Waals surface area (Å²) in [6.45, 7) is 0.906. The van der Waals surface area contributed by atoms with E-state index in [1.165, 1.54) is 0 Å². The first-order valence-electron chi connectivity index (χ1n) is 10.6. The number of ether oxygens (including phenoxy) is 2. The van der Waals surface area contributed by atoms with Crippen LogP contribution in [0.3, 0.4) is 0 Å². The molecule has 2 atom stereocenters. The first kappa shape index (κ1) is 20.3. The molecule has 1 saturated heterocycles. The zero-order chi connectivity index (χ0) is 21.9. The Morgan fingerprint density at radius 3 is 2.91 bits per heavy atom. The van der Waals surface area contributed by atoms with Crippen LogP contribution >= 0.6 is 0 Å². The molecule has 6 nitrogen and oxygen atoms in total. The van der Waals surface area contributed by atoms with E-state index in [1.54, 1.807) is 24.9 Å². The molecule has 32 heavy (non-hydrogen) atoms. The van der Waals surface area contributed by atoms with Gasteiger partial charge < -0.3 is 19.0 Å². The van der Waals surface area contributed by atoms with Crippen LogP contribution in [0.4, 0.5) is 0 Å². The Morgan fingerprint density at radius 1 is 1.16 bits per heavy atom. The van der Waals surface area contributed by atoms with E-state index in [9.17, 15) is 10.4 Å². The third kappa shape index (κ3) is 4.22. The van der Waals surface area contributed by atoms with Crippen molar-refractivity contribution in [2.75, 3.05) is 6.61 Å². The summed E-state index contributed by atoms with van der Waals surface area (Å²) in [6.07, 6.45) is 7.63. The van der Waals surface area contributed by atoms with Crippen molar-refractivity contribution in [1.82, 2.24) is 4.98 Å². The predicted octanol–water partition coefficient (Wildman–Crippen LogP) is 5.16. The van der Waals surface area contributed by atoms with Gasteiger partial charge in [-0.25, -0.2) is 0 Å². The normalized spacial score (nSPS) is 18.4. The summed E-state index contributed by atoms with van der Waals surface area (Å²) in [5.41, 5.74) is 4.34. The molecule has 2 unspecified atom stereocenters. The number of pyridine rings is 1. The van der Waals surface area contributed by atoms with E-state index in [0.717, 1.165) is 33.0 Å². The summed E-state index contributed by atoms with van der Waals surface area (Å²) in [7, 11) is 0. The maximum atomic E-state index is 9.92. The summed E-state index contributed by atoms with van der Waals surface area (Å²) in [5, 5.41) is 21.3. The van der Waals surface area contributed by atoms with Crippen molar-refractivity contribution in [3.05, 3.63) is 84.1 Å². The van der Waals surface area contributed by atoms with Gasteiger partial charge >= 0.3 is 0 Å². The first-order valence-corrected chi connectivity index (χ1v) is 10.6. The molecule has 0 spiro atoms. The van der Waals surface area contributed by atoms with Crippen molar-refractivity contribution >= 4 is 10.8 Å². The van der Waals surface area contributed by atoms with Gasteiger partial charge in [0.05, 0.1) is 36.4 Å². The predicted molar refractivity (Wildman–Crippen MR) is 119 cm³/mol. The molecule has 0 saturated carbocycles. The van der Waals surface area contributed by atoms with Crippen molar-refractivity contribution in [3.63, 3.8) is 0 Å². The van der Waals surface area contributed by atoms with Crippen molar-refractivity contribution < 1.29 is 19.0 Å². The van der Waals surface area contributed by atoms with E-state index in [-0.39, 0.29) is 12.2 Å². The lowest BCUT2D eigenvalue weighted by atomic mass is 9.97. The second-order valence-corrected chi connectivity index (χ2v) is 7.98. The second kappa shape index (κ2) is 8.83. The highest BCUT2D eigenvalue weighted by atomic mass is 16.5. The Labute approximate surface area is 185 Å². The van der Waals surface area contributed by atoms with Gasteiger partial charge in [-0.3, -0.25) is 4.98 Å². The van der Waals surface area contributed by atoms with E-state index >= 15 is 0 Å². The molecule has 1 aliphatic rings. The average Bonchev–Trinajstić information content (AvgIpc) is 3.37. The molecule has 0 radical (unpaired) electrons. The molecule has 0 amide bonds. The van der Waals surface area contributed by atoms with Crippen molar-refractivity contribution in [2.45, 2.75) is 31.7 Å². The topological polar surface area (TPSA) is 88.5 Å². The number of nitriles is 1. The molecule has 0 aliphatic carbocycles. The van der Waals surface area contributed by atoms with Crippen LogP contribution in [0.2, 0.25) is 0 Å². The highest BCUT2D eigenvalue weighted by Gasteiger charge is 2.22. The van der Waals surface area contributed by atoms with Gasteiger partial charge in [-0.05, 0) is 64.7 Å². The van der Waals surface area contributed by atoms with E-state index in [1.807, 2.05) is 42.5 Å². The van der Waals surface area contributed by atoms with Crippen LogP contribution in [0.5, 0.6) is 5.75 Å². The lowest BCUT2D eigenvalue weighted by molar-refractivity contribution is -0.0449. The third-order valence-electron chi connectivity index (χ3n) is 5.73. The van der Waals surface area contributed by atoms with Gasteiger partial charge in [0.15, 0.2) is 0 Å². The van der Waals surface area contributed by atoms with Crippen LogP contribution < -0.4 is 4.74 Å². The van der Waals surface area contributed by atoms with Crippen LogP contribution in [0.1, 0.15) is 35.6 Å². The van der Waals surface area contributed by atoms with Gasteiger partial charge in [-0.2, -0.15) is 5.26 Å². The number of furan rings is 1. The number of hydrogen-bond acceptors (Lipinski definition) is 6. The van der Waals surface area contributed by atoms with Gasteiger partial charge in [0, 0.05) is 36.5 Å². The standard InChI is InChI=1S/C26H22N2O4/c27-12-17-7-20-10-23(1-2-24(20)25(9-17)19-3-5-30-16-19)32-15-18-8-21(14-28-13-18)26-11-22(29)4-6-31-26/h1-3,5,7-10,13-14,16,22,26,29H,4,6,11,15H2. The highest BCUT2D eigenvalue weighted by Crippen LogP contribution is 2.33. The summed E-state index contributed by atoms with van der Waals surface area (Å²) in [4.78, 5) is 4.32. The monoisotopic (exact) mass is 426 g/mol. The van der Waals surface area contributed by atoms with Crippen molar-refractivity contribution in [1.29, 1.82) is 5.26 Å². The SMILES string of the molecule is N#Cc1cc(-c2ccoc2)c2ccc(OCc3cncc(C4CC(O)CCO4)c3)cc2c1. The first-order chi connectivity index (χ1) is 15.7. The zero-order valence-corrected chi connectivity index (χ0v) is 17.4. The van der Waals surface area contributed by atoms with Crippen LogP contribution in [0, 0.1) is 11.3 Å². The smallest absolute Gasteiger partial charge is 0.120 e. The number of aromatic nitrogens is 1. The Kier molecular flexibility index (Phi) is 5.59. The minimum absolute atomic E-state index is 0.141. The molecule has 160 valence electrons. The average molecular weight is 426 g/mol. The molecule has 0 bridgehead atoms. The van der Waals surface area contributed by atoms with Gasteiger partial charge in [0.2, 0.25) is 0 Å². The Balaban J connectivity index is 1.37. The molecule has 3 heterocycles. The molecule has 1 fully saturated rings. The van der Waals surface area contributed by atoms with E-state index in [0.29, 0.717) is 37.4 Å². The van der Waals surface area contributed by atoms with Gasteiger partial charge in [-0.15, -0.1) is 0 Å². The minimum Gasteiger partial charge on any atom is -0.489 e. The zero-order valence-electron chi connectivity index (χ0n) is 17.4. The number of nitrogens with zero attached hydrogens (tertiary/aromatic N) is 2. The number of aliphatic hydroxyl groups is 1. The van der Waals surface area contributed by atoms with Crippen LogP contribution in [-0.4, -0.2) is 22.8 Å².